The number of carbonyl (C=O) groups is 1. The van der Waals surface area contributed by atoms with Gasteiger partial charge in [0.05, 0.1) is 12.8 Å². The molecular formula is C25H39F3N2O2. The molecule has 0 aromatic carbocycles. The lowest BCUT2D eigenvalue weighted by Crippen LogP contribution is -2.11. The number of amides is 1. The van der Waals surface area contributed by atoms with E-state index >= 15 is 0 Å². The van der Waals surface area contributed by atoms with Crippen LogP contribution < -0.4 is 10.1 Å². The van der Waals surface area contributed by atoms with Gasteiger partial charge in [0.1, 0.15) is 11.6 Å². The molecule has 2 rings (SSSR count). The Morgan fingerprint density at radius 1 is 1.31 bits per heavy atom. The average molecular weight is 457 g/mol. The number of methoxy groups -OCH3 is 1. The van der Waals surface area contributed by atoms with Crippen molar-refractivity contribution < 1.29 is 22.7 Å². The van der Waals surface area contributed by atoms with Crippen molar-refractivity contribution in [1.82, 2.24) is 4.98 Å². The predicted octanol–water partition coefficient (Wildman–Crippen LogP) is 7.92. The van der Waals surface area contributed by atoms with Gasteiger partial charge in [-0.3, -0.25) is 4.79 Å². The lowest BCUT2D eigenvalue weighted by molar-refractivity contribution is -0.135. The summed E-state index contributed by atoms with van der Waals surface area (Å²) in [6.45, 7) is 13.4. The summed E-state index contributed by atoms with van der Waals surface area (Å²) in [4.78, 5) is 16.2. The fourth-order valence-corrected chi connectivity index (χ4v) is 3.04. The van der Waals surface area contributed by atoms with E-state index < -0.39 is 12.6 Å². The fourth-order valence-electron chi connectivity index (χ4n) is 3.04. The third-order valence-electron chi connectivity index (χ3n) is 4.74. The Morgan fingerprint density at radius 3 is 2.41 bits per heavy atom. The van der Waals surface area contributed by atoms with E-state index in [1.54, 1.807) is 13.2 Å². The Morgan fingerprint density at radius 2 is 1.94 bits per heavy atom. The van der Waals surface area contributed by atoms with Crippen molar-refractivity contribution in [2.45, 2.75) is 85.2 Å². The van der Waals surface area contributed by atoms with Crippen molar-refractivity contribution >= 4 is 17.8 Å². The number of aromatic nitrogens is 1. The van der Waals surface area contributed by atoms with Gasteiger partial charge in [-0.25, -0.2) is 4.98 Å². The molecule has 1 aromatic rings. The first-order valence-corrected chi connectivity index (χ1v) is 11.5. The van der Waals surface area contributed by atoms with Gasteiger partial charge in [-0.15, -0.1) is 0 Å². The highest BCUT2D eigenvalue weighted by Crippen LogP contribution is 2.45. The molecule has 0 spiro atoms. The third-order valence-corrected chi connectivity index (χ3v) is 4.74. The summed E-state index contributed by atoms with van der Waals surface area (Å²) < 4.78 is 42.7. The number of carbonyl (C=O) groups excluding carboxylic acids is 1. The second kappa shape index (κ2) is 15.5. The molecule has 1 aromatic heterocycles. The second-order valence-corrected chi connectivity index (χ2v) is 7.02. The topological polar surface area (TPSA) is 51.2 Å². The van der Waals surface area contributed by atoms with Gasteiger partial charge in [-0.05, 0) is 50.2 Å². The zero-order valence-electron chi connectivity index (χ0n) is 20.3. The van der Waals surface area contributed by atoms with Crippen molar-refractivity contribution in [2.75, 3.05) is 12.4 Å². The van der Waals surface area contributed by atoms with Crippen LogP contribution >= 0.6 is 0 Å². The Bertz CT molecular complexity index is 727. The van der Waals surface area contributed by atoms with E-state index in [9.17, 15) is 18.0 Å². The van der Waals surface area contributed by atoms with Crippen LogP contribution in [0.5, 0.6) is 5.75 Å². The highest BCUT2D eigenvalue weighted by molar-refractivity contribution is 5.98. The van der Waals surface area contributed by atoms with E-state index in [4.69, 9.17) is 4.74 Å². The number of alkyl halides is 3. The van der Waals surface area contributed by atoms with Crippen LogP contribution in [0, 0.1) is 5.92 Å². The number of rotatable bonds is 10. The second-order valence-electron chi connectivity index (χ2n) is 7.02. The smallest absolute Gasteiger partial charge is 0.389 e. The number of pyridine rings is 1. The number of nitrogens with zero attached hydrogens (tertiary/aromatic N) is 1. The molecule has 4 nitrogen and oxygen atoms in total. The van der Waals surface area contributed by atoms with Gasteiger partial charge < -0.3 is 10.1 Å². The van der Waals surface area contributed by atoms with Gasteiger partial charge in [-0.2, -0.15) is 13.2 Å². The summed E-state index contributed by atoms with van der Waals surface area (Å²) in [5.74, 6) is 1.05. The molecule has 1 aliphatic carbocycles. The summed E-state index contributed by atoms with van der Waals surface area (Å²) >= 11 is 0. The Labute approximate surface area is 191 Å². The van der Waals surface area contributed by atoms with Crippen LogP contribution in [0.2, 0.25) is 0 Å². The molecule has 1 fully saturated rings. The van der Waals surface area contributed by atoms with Gasteiger partial charge in [0.2, 0.25) is 5.91 Å². The molecule has 0 aliphatic heterocycles. The molecule has 1 atom stereocenters. The summed E-state index contributed by atoms with van der Waals surface area (Å²) in [5.41, 5.74) is 1.56. The van der Waals surface area contributed by atoms with Crippen LogP contribution in [-0.4, -0.2) is 24.2 Å². The van der Waals surface area contributed by atoms with Crippen molar-refractivity contribution in [3.8, 4) is 5.75 Å². The van der Waals surface area contributed by atoms with Crippen molar-refractivity contribution in [2.24, 2.45) is 5.92 Å². The highest BCUT2D eigenvalue weighted by Gasteiger charge is 2.30. The molecule has 32 heavy (non-hydrogen) atoms. The van der Waals surface area contributed by atoms with Gasteiger partial charge in [0.15, 0.2) is 0 Å². The van der Waals surface area contributed by atoms with E-state index in [0.717, 1.165) is 30.5 Å². The molecule has 1 amide bonds. The largest absolute Gasteiger partial charge is 0.494 e. The zero-order valence-corrected chi connectivity index (χ0v) is 20.3. The molecule has 0 radical (unpaired) electrons. The monoisotopic (exact) mass is 456 g/mol. The molecule has 7 heteroatoms. The first-order chi connectivity index (χ1) is 15.3. The number of hydrogen-bond donors (Lipinski definition) is 1. The lowest BCUT2D eigenvalue weighted by Gasteiger charge is -2.15. The first kappa shape index (κ1) is 29.7. The molecule has 182 valence electrons. The third kappa shape index (κ3) is 10.8. The quantitative estimate of drug-likeness (QED) is 0.364. The molecular weight excluding hydrogens is 417 g/mol. The molecule has 1 saturated carbocycles. The Kier molecular flexibility index (Phi) is 14.4. The van der Waals surface area contributed by atoms with E-state index in [0.29, 0.717) is 23.9 Å². The summed E-state index contributed by atoms with van der Waals surface area (Å²) in [6, 6.07) is 1.71. The van der Waals surface area contributed by atoms with Crippen LogP contribution in [0.25, 0.3) is 6.08 Å². The first-order valence-electron chi connectivity index (χ1n) is 11.5. The van der Waals surface area contributed by atoms with E-state index in [-0.39, 0.29) is 18.2 Å². The highest BCUT2D eigenvalue weighted by atomic mass is 19.4. The number of anilines is 1. The molecule has 1 unspecified atom stereocenters. The van der Waals surface area contributed by atoms with Gasteiger partial charge in [0.25, 0.3) is 0 Å². The predicted molar refractivity (Wildman–Crippen MR) is 127 cm³/mol. The summed E-state index contributed by atoms with van der Waals surface area (Å²) in [5, 5.41) is 2.68. The lowest BCUT2D eigenvalue weighted by atomic mass is 9.97. The average Bonchev–Trinajstić information content (AvgIpc) is 3.63. The minimum atomic E-state index is -4.12. The normalized spacial score (nSPS) is 13.9. The SMILES string of the molecule is C=CC(=O)Nc1cc(/C=C/C(CC)CCCC(F)(F)F)c(OC)c(C2CC2)n1.CC.CC. The van der Waals surface area contributed by atoms with Crippen LogP contribution in [-0.2, 0) is 4.79 Å². The van der Waals surface area contributed by atoms with Crippen molar-refractivity contribution in [3.63, 3.8) is 0 Å². The number of halogens is 3. The zero-order chi connectivity index (χ0) is 24.7. The number of nitrogens with one attached hydrogen (secondary N) is 1. The molecule has 1 heterocycles. The minimum absolute atomic E-state index is 0.0378. The maximum Gasteiger partial charge on any atom is 0.389 e. The molecule has 0 saturated heterocycles. The van der Waals surface area contributed by atoms with Crippen molar-refractivity contribution in [3.05, 3.63) is 36.1 Å². The van der Waals surface area contributed by atoms with Crippen LogP contribution in [0.1, 0.15) is 90.3 Å². The van der Waals surface area contributed by atoms with Crippen LogP contribution in [0.3, 0.4) is 0 Å². The summed E-state index contributed by atoms with van der Waals surface area (Å²) in [6.07, 6.45) is 3.42. The van der Waals surface area contributed by atoms with Crippen LogP contribution in [0.15, 0.2) is 24.8 Å². The van der Waals surface area contributed by atoms with Gasteiger partial charge in [0, 0.05) is 17.9 Å². The van der Waals surface area contributed by atoms with E-state index in [2.05, 4.69) is 16.9 Å². The summed E-state index contributed by atoms with van der Waals surface area (Å²) in [7, 11) is 1.57. The maximum absolute atomic E-state index is 12.4. The van der Waals surface area contributed by atoms with E-state index in [1.807, 2.05) is 46.8 Å². The fraction of sp³-hybridized carbons (Fsp3) is 0.600. The Balaban J connectivity index is 0.00000227. The van der Waals surface area contributed by atoms with Gasteiger partial charge >= 0.3 is 6.18 Å². The minimum Gasteiger partial charge on any atom is -0.494 e. The van der Waals surface area contributed by atoms with E-state index in [1.165, 1.54) is 6.08 Å². The standard InChI is InChI=1S/C21H27F3N2O2.2C2H6/c1-4-14(7-6-12-21(22,23)24)8-9-16-13-17(25-18(27)5-2)26-19(15-10-11-15)20(16)28-3;2*1-2/h5,8-9,13-15H,2,4,6-7,10-12H2,1,3H3,(H,25,26,27);2*1-2H3/b9-8+;;. The van der Waals surface area contributed by atoms with Crippen molar-refractivity contribution in [1.29, 1.82) is 0 Å². The van der Waals surface area contributed by atoms with Crippen LogP contribution in [0.4, 0.5) is 19.0 Å². The maximum atomic E-state index is 12.4. The number of ether oxygens (including phenoxy) is 1. The number of hydrogen-bond acceptors (Lipinski definition) is 3. The van der Waals surface area contributed by atoms with Gasteiger partial charge in [-0.1, -0.05) is 53.3 Å². The number of allylic oxidation sites excluding steroid dienone is 1. The Hall–Kier alpha value is -2.31. The molecule has 0 bridgehead atoms. The molecule has 1 N–H and O–H groups in total. The molecule has 1 aliphatic rings.